The normalized spacial score (nSPS) is 10.3. The highest BCUT2D eigenvalue weighted by molar-refractivity contribution is 5.69. The number of rotatable bonds is 2. The van der Waals surface area contributed by atoms with E-state index in [2.05, 4.69) is 5.32 Å². The third-order valence-electron chi connectivity index (χ3n) is 2.71. The van der Waals surface area contributed by atoms with Crippen LogP contribution >= 0.6 is 0 Å². The number of nitrogen functional groups attached to an aromatic ring is 1. The Morgan fingerprint density at radius 3 is 2.59 bits per heavy atom. The molecule has 0 fully saturated rings. The minimum Gasteiger partial charge on any atom is -0.398 e. The van der Waals surface area contributed by atoms with Crippen molar-refractivity contribution in [1.82, 2.24) is 0 Å². The van der Waals surface area contributed by atoms with Crippen LogP contribution in [-0.4, -0.2) is 0 Å². The van der Waals surface area contributed by atoms with E-state index in [0.29, 0.717) is 11.4 Å². The van der Waals surface area contributed by atoms with Gasteiger partial charge in [-0.1, -0.05) is 12.1 Å². The van der Waals surface area contributed by atoms with E-state index in [1.54, 1.807) is 0 Å². The van der Waals surface area contributed by atoms with E-state index >= 15 is 0 Å². The fourth-order valence-corrected chi connectivity index (χ4v) is 1.71. The molecule has 0 heterocycles. The molecule has 0 aliphatic carbocycles. The number of aryl methyl sites for hydroxylation is 1. The third-order valence-corrected chi connectivity index (χ3v) is 2.71. The lowest BCUT2D eigenvalue weighted by Crippen LogP contribution is -1.98. The fraction of sp³-hybridized carbons (Fsp3) is 0.143. The molecule has 0 saturated carbocycles. The predicted molar refractivity (Wildman–Crippen MR) is 70.0 cm³/mol. The van der Waals surface area contributed by atoms with Crippen LogP contribution in [0.4, 0.5) is 21.5 Å². The second-order valence-electron chi connectivity index (χ2n) is 4.16. The average Bonchev–Trinajstić information content (AvgIpc) is 2.25. The van der Waals surface area contributed by atoms with Crippen molar-refractivity contribution >= 4 is 17.1 Å². The molecule has 2 nitrogen and oxygen atoms in total. The topological polar surface area (TPSA) is 38.0 Å². The molecule has 3 N–H and O–H groups in total. The molecule has 2 aromatic carbocycles. The molecule has 0 aliphatic heterocycles. The SMILES string of the molecule is Cc1cccc(Nc2cc(F)cc(N)c2C)c1. The van der Waals surface area contributed by atoms with E-state index in [1.165, 1.54) is 12.1 Å². The van der Waals surface area contributed by atoms with Crippen molar-refractivity contribution < 1.29 is 4.39 Å². The van der Waals surface area contributed by atoms with Crippen LogP contribution in [-0.2, 0) is 0 Å². The number of halogens is 1. The summed E-state index contributed by atoms with van der Waals surface area (Å²) in [6.45, 7) is 3.88. The Morgan fingerprint density at radius 2 is 1.88 bits per heavy atom. The molecule has 0 aliphatic rings. The lowest BCUT2D eigenvalue weighted by atomic mass is 10.1. The van der Waals surface area contributed by atoms with Crippen molar-refractivity contribution in [3.8, 4) is 0 Å². The summed E-state index contributed by atoms with van der Waals surface area (Å²) in [5, 5.41) is 3.17. The van der Waals surface area contributed by atoms with Gasteiger partial charge in [-0.05, 0) is 49.2 Å². The maximum absolute atomic E-state index is 13.3. The molecule has 2 rings (SSSR count). The second kappa shape index (κ2) is 4.45. The van der Waals surface area contributed by atoms with Gasteiger partial charge in [-0.3, -0.25) is 0 Å². The number of nitrogens with two attached hydrogens (primary N) is 1. The van der Waals surface area contributed by atoms with Crippen LogP contribution in [0.1, 0.15) is 11.1 Å². The number of benzene rings is 2. The zero-order valence-electron chi connectivity index (χ0n) is 9.92. The highest BCUT2D eigenvalue weighted by Crippen LogP contribution is 2.26. The standard InChI is InChI=1S/C14H15FN2/c1-9-4-3-5-12(6-9)17-14-8-11(15)7-13(16)10(14)2/h3-8,17H,16H2,1-2H3. The van der Waals surface area contributed by atoms with E-state index in [1.807, 2.05) is 38.1 Å². The van der Waals surface area contributed by atoms with Crippen molar-refractivity contribution in [2.75, 3.05) is 11.1 Å². The van der Waals surface area contributed by atoms with Crippen molar-refractivity contribution in [1.29, 1.82) is 0 Å². The Hall–Kier alpha value is -2.03. The monoisotopic (exact) mass is 230 g/mol. The Bertz CT molecular complexity index is 550. The molecule has 3 heteroatoms. The molecule has 0 spiro atoms. The maximum atomic E-state index is 13.3. The zero-order valence-corrected chi connectivity index (χ0v) is 9.92. The molecule has 0 amide bonds. The molecule has 2 aromatic rings. The first kappa shape index (κ1) is 11.5. The molecule has 0 atom stereocenters. The van der Waals surface area contributed by atoms with Gasteiger partial charge in [-0.15, -0.1) is 0 Å². The predicted octanol–water partition coefficient (Wildman–Crippen LogP) is 3.77. The Morgan fingerprint density at radius 1 is 1.12 bits per heavy atom. The van der Waals surface area contributed by atoms with E-state index in [0.717, 1.165) is 16.8 Å². The minimum atomic E-state index is -0.330. The first-order chi connectivity index (χ1) is 8.06. The summed E-state index contributed by atoms with van der Waals surface area (Å²) in [5.41, 5.74) is 9.82. The van der Waals surface area contributed by atoms with Crippen LogP contribution in [0.3, 0.4) is 0 Å². The summed E-state index contributed by atoms with van der Waals surface area (Å²) >= 11 is 0. The Labute approximate surface area is 100 Å². The van der Waals surface area contributed by atoms with Gasteiger partial charge in [0.1, 0.15) is 5.82 Å². The van der Waals surface area contributed by atoms with Crippen LogP contribution in [0, 0.1) is 19.7 Å². The van der Waals surface area contributed by atoms with Crippen molar-refractivity contribution in [3.63, 3.8) is 0 Å². The second-order valence-corrected chi connectivity index (χ2v) is 4.16. The Kier molecular flexibility index (Phi) is 3.00. The van der Waals surface area contributed by atoms with Gasteiger partial charge < -0.3 is 11.1 Å². The summed E-state index contributed by atoms with van der Waals surface area (Å²) in [6.07, 6.45) is 0. The summed E-state index contributed by atoms with van der Waals surface area (Å²) in [7, 11) is 0. The largest absolute Gasteiger partial charge is 0.398 e. The van der Waals surface area contributed by atoms with Crippen LogP contribution in [0.25, 0.3) is 0 Å². The van der Waals surface area contributed by atoms with Crippen LogP contribution in [0.5, 0.6) is 0 Å². The molecule has 88 valence electrons. The highest BCUT2D eigenvalue weighted by atomic mass is 19.1. The highest BCUT2D eigenvalue weighted by Gasteiger charge is 2.05. The van der Waals surface area contributed by atoms with E-state index < -0.39 is 0 Å². The Balaban J connectivity index is 2.36. The summed E-state index contributed by atoms with van der Waals surface area (Å²) < 4.78 is 13.3. The molecule has 0 aromatic heterocycles. The van der Waals surface area contributed by atoms with Crippen LogP contribution in [0.2, 0.25) is 0 Å². The van der Waals surface area contributed by atoms with Crippen molar-refractivity contribution in [2.24, 2.45) is 0 Å². The molecule has 17 heavy (non-hydrogen) atoms. The zero-order chi connectivity index (χ0) is 12.4. The van der Waals surface area contributed by atoms with E-state index in [9.17, 15) is 4.39 Å². The van der Waals surface area contributed by atoms with Gasteiger partial charge in [-0.2, -0.15) is 0 Å². The van der Waals surface area contributed by atoms with Gasteiger partial charge in [0.15, 0.2) is 0 Å². The number of nitrogens with one attached hydrogen (secondary N) is 1. The van der Waals surface area contributed by atoms with Crippen molar-refractivity contribution in [2.45, 2.75) is 13.8 Å². The molecule has 0 bridgehead atoms. The smallest absolute Gasteiger partial charge is 0.127 e. The van der Waals surface area contributed by atoms with Gasteiger partial charge >= 0.3 is 0 Å². The van der Waals surface area contributed by atoms with Gasteiger partial charge in [-0.25, -0.2) is 4.39 Å². The number of hydrogen-bond acceptors (Lipinski definition) is 2. The summed E-state index contributed by atoms with van der Waals surface area (Å²) in [6, 6.07) is 10.7. The quantitative estimate of drug-likeness (QED) is 0.771. The van der Waals surface area contributed by atoms with Crippen molar-refractivity contribution in [3.05, 3.63) is 53.3 Å². The molecular formula is C14H15FN2. The number of anilines is 3. The first-order valence-electron chi connectivity index (χ1n) is 5.45. The molecule has 0 unspecified atom stereocenters. The summed E-state index contributed by atoms with van der Waals surface area (Å²) in [4.78, 5) is 0. The lowest BCUT2D eigenvalue weighted by molar-refractivity contribution is 0.629. The van der Waals surface area contributed by atoms with Crippen LogP contribution in [0.15, 0.2) is 36.4 Å². The van der Waals surface area contributed by atoms with Gasteiger partial charge in [0.2, 0.25) is 0 Å². The van der Waals surface area contributed by atoms with E-state index in [4.69, 9.17) is 5.73 Å². The van der Waals surface area contributed by atoms with E-state index in [-0.39, 0.29) is 5.82 Å². The maximum Gasteiger partial charge on any atom is 0.127 e. The van der Waals surface area contributed by atoms with Crippen LogP contribution < -0.4 is 11.1 Å². The van der Waals surface area contributed by atoms with Gasteiger partial charge in [0.25, 0.3) is 0 Å². The first-order valence-corrected chi connectivity index (χ1v) is 5.45. The van der Waals surface area contributed by atoms with Gasteiger partial charge in [0, 0.05) is 17.1 Å². The third kappa shape index (κ3) is 2.56. The average molecular weight is 230 g/mol. The molecule has 0 radical (unpaired) electrons. The number of hydrogen-bond donors (Lipinski definition) is 2. The van der Waals surface area contributed by atoms with Gasteiger partial charge in [0.05, 0.1) is 0 Å². The lowest BCUT2D eigenvalue weighted by Gasteiger charge is -2.12. The molecular weight excluding hydrogens is 215 g/mol. The summed E-state index contributed by atoms with van der Waals surface area (Å²) in [5.74, 6) is -0.330. The fourth-order valence-electron chi connectivity index (χ4n) is 1.71. The molecule has 0 saturated heterocycles. The minimum absolute atomic E-state index is 0.330.